The monoisotopic (exact) mass is 364 g/mol. The quantitative estimate of drug-likeness (QED) is 0.232. The van der Waals surface area contributed by atoms with Gasteiger partial charge in [0.2, 0.25) is 0 Å². The summed E-state index contributed by atoms with van der Waals surface area (Å²) in [5.74, 6) is -2.03. The van der Waals surface area contributed by atoms with E-state index in [0.29, 0.717) is 6.42 Å². The summed E-state index contributed by atoms with van der Waals surface area (Å²) in [4.78, 5) is 23.3. The molecule has 0 saturated heterocycles. The van der Waals surface area contributed by atoms with Crippen LogP contribution >= 0.6 is 0 Å². The van der Waals surface area contributed by atoms with Crippen molar-refractivity contribution >= 4 is 22.1 Å². The van der Waals surface area contributed by atoms with Gasteiger partial charge in [-0.3, -0.25) is 14.1 Å². The number of carbonyl (C=O) groups excluding carboxylic acids is 2. The maximum atomic E-state index is 11.8. The van der Waals surface area contributed by atoms with Crippen molar-refractivity contribution in [3.05, 3.63) is 12.2 Å². The molecule has 0 aromatic heterocycles. The van der Waals surface area contributed by atoms with Gasteiger partial charge < -0.3 is 9.47 Å². The summed E-state index contributed by atoms with van der Waals surface area (Å²) in [6, 6.07) is 0. The molecule has 8 heteroatoms. The van der Waals surface area contributed by atoms with Crippen LogP contribution in [0.4, 0.5) is 0 Å². The highest BCUT2D eigenvalue weighted by Gasteiger charge is 2.35. The fourth-order valence-electron chi connectivity index (χ4n) is 1.91. The Bertz CT molecular complexity index is 497. The predicted molar refractivity (Wildman–Crippen MR) is 90.1 cm³/mol. The normalized spacial score (nSPS) is 13.0. The number of hydrogen-bond acceptors (Lipinski definition) is 6. The van der Waals surface area contributed by atoms with Crippen LogP contribution in [0.25, 0.3) is 0 Å². The highest BCUT2D eigenvalue weighted by molar-refractivity contribution is 7.87. The summed E-state index contributed by atoms with van der Waals surface area (Å²) >= 11 is 0. The second kappa shape index (κ2) is 12.9. The standard InChI is InChI=1S/C16H28O7S/c1-3-5-7-8-9-10-12-23-16(18)14(24(19,20)21)13-15(17)22-11-6-4-2/h4,6,14H,3,5,7-13H2,1-2H3,(H,19,20,21)/b6-4+. The van der Waals surface area contributed by atoms with Gasteiger partial charge in [0.1, 0.15) is 6.61 Å². The molecule has 0 heterocycles. The molecular weight excluding hydrogens is 336 g/mol. The van der Waals surface area contributed by atoms with Crippen LogP contribution in [0.2, 0.25) is 0 Å². The Hall–Kier alpha value is -1.41. The molecule has 1 N–H and O–H groups in total. The Kier molecular flexibility index (Phi) is 12.2. The highest BCUT2D eigenvalue weighted by atomic mass is 32.2. The number of esters is 2. The third-order valence-corrected chi connectivity index (χ3v) is 4.37. The number of carbonyl (C=O) groups is 2. The molecule has 0 amide bonds. The van der Waals surface area contributed by atoms with Crippen LogP contribution in [-0.2, 0) is 29.2 Å². The number of rotatable bonds is 13. The van der Waals surface area contributed by atoms with Crippen LogP contribution in [0.3, 0.4) is 0 Å². The van der Waals surface area contributed by atoms with Crippen LogP contribution in [0, 0.1) is 0 Å². The molecule has 1 unspecified atom stereocenters. The first-order valence-electron chi connectivity index (χ1n) is 8.22. The van der Waals surface area contributed by atoms with E-state index in [4.69, 9.17) is 14.0 Å². The smallest absolute Gasteiger partial charge is 0.327 e. The number of ether oxygens (including phenoxy) is 2. The van der Waals surface area contributed by atoms with Crippen molar-refractivity contribution in [2.45, 2.75) is 64.0 Å². The fraction of sp³-hybridized carbons (Fsp3) is 0.750. The lowest BCUT2D eigenvalue weighted by Gasteiger charge is -2.12. The van der Waals surface area contributed by atoms with Crippen LogP contribution in [0.15, 0.2) is 12.2 Å². The molecule has 0 spiro atoms. The Labute approximate surface area is 144 Å². The van der Waals surface area contributed by atoms with E-state index in [1.807, 2.05) is 0 Å². The highest BCUT2D eigenvalue weighted by Crippen LogP contribution is 2.10. The van der Waals surface area contributed by atoms with E-state index in [1.54, 1.807) is 19.1 Å². The van der Waals surface area contributed by atoms with E-state index < -0.39 is 33.7 Å². The molecule has 0 aromatic carbocycles. The molecule has 0 bridgehead atoms. The second-order valence-electron chi connectivity index (χ2n) is 5.40. The van der Waals surface area contributed by atoms with Gasteiger partial charge in [0, 0.05) is 0 Å². The number of allylic oxidation sites excluding steroid dienone is 1. The molecular formula is C16H28O7S. The molecule has 0 aromatic rings. The van der Waals surface area contributed by atoms with Crippen molar-refractivity contribution in [3.63, 3.8) is 0 Å². The largest absolute Gasteiger partial charge is 0.465 e. The van der Waals surface area contributed by atoms with Crippen LogP contribution in [0.1, 0.15) is 58.8 Å². The minimum absolute atomic E-state index is 0.0274. The maximum Gasteiger partial charge on any atom is 0.327 e. The predicted octanol–water partition coefficient (Wildman–Crippen LogP) is 2.66. The van der Waals surface area contributed by atoms with Gasteiger partial charge in [0.15, 0.2) is 5.25 Å². The minimum atomic E-state index is -4.74. The van der Waals surface area contributed by atoms with Crippen LogP contribution < -0.4 is 0 Å². The first-order valence-corrected chi connectivity index (χ1v) is 9.73. The molecule has 0 aliphatic heterocycles. The van der Waals surface area contributed by atoms with Crippen molar-refractivity contribution < 1.29 is 32.0 Å². The molecule has 24 heavy (non-hydrogen) atoms. The van der Waals surface area contributed by atoms with Crippen molar-refractivity contribution in [1.29, 1.82) is 0 Å². The summed E-state index contributed by atoms with van der Waals surface area (Å²) < 4.78 is 41.3. The summed E-state index contributed by atoms with van der Waals surface area (Å²) in [6.45, 7) is 3.88. The first kappa shape index (κ1) is 22.6. The Morgan fingerprint density at radius 3 is 2.29 bits per heavy atom. The number of unbranched alkanes of at least 4 members (excludes halogenated alkanes) is 5. The van der Waals surface area contributed by atoms with E-state index in [0.717, 1.165) is 32.1 Å². The number of hydrogen-bond donors (Lipinski definition) is 1. The zero-order valence-electron chi connectivity index (χ0n) is 14.4. The fourth-order valence-corrected chi connectivity index (χ4v) is 2.56. The summed E-state index contributed by atoms with van der Waals surface area (Å²) in [7, 11) is -4.74. The average molecular weight is 364 g/mol. The van der Waals surface area contributed by atoms with Crippen molar-refractivity contribution in [1.82, 2.24) is 0 Å². The van der Waals surface area contributed by atoms with Crippen molar-refractivity contribution in [2.24, 2.45) is 0 Å². The third-order valence-electron chi connectivity index (χ3n) is 3.29. The Morgan fingerprint density at radius 2 is 1.71 bits per heavy atom. The van der Waals surface area contributed by atoms with Gasteiger partial charge in [-0.2, -0.15) is 8.42 Å². The van der Waals surface area contributed by atoms with Gasteiger partial charge in [-0.25, -0.2) is 0 Å². The molecule has 0 radical (unpaired) electrons. The van der Waals surface area contributed by atoms with Gasteiger partial charge >= 0.3 is 11.9 Å². The van der Waals surface area contributed by atoms with E-state index in [-0.39, 0.29) is 13.2 Å². The Balaban J connectivity index is 4.30. The molecule has 1 atom stereocenters. The molecule has 0 saturated carbocycles. The molecule has 7 nitrogen and oxygen atoms in total. The van der Waals surface area contributed by atoms with E-state index in [9.17, 15) is 18.0 Å². The first-order chi connectivity index (χ1) is 11.3. The van der Waals surface area contributed by atoms with Crippen molar-refractivity contribution in [3.8, 4) is 0 Å². The summed E-state index contributed by atoms with van der Waals surface area (Å²) in [5, 5.41) is -1.95. The maximum absolute atomic E-state index is 11.8. The SMILES string of the molecule is C/C=C/COC(=O)CC(C(=O)OCCCCCCCC)S(=O)(=O)O. The minimum Gasteiger partial charge on any atom is -0.465 e. The average Bonchev–Trinajstić information content (AvgIpc) is 2.50. The molecule has 140 valence electrons. The van der Waals surface area contributed by atoms with E-state index >= 15 is 0 Å². The molecule has 0 rings (SSSR count). The topological polar surface area (TPSA) is 107 Å². The zero-order chi connectivity index (χ0) is 18.4. The van der Waals surface area contributed by atoms with Gasteiger partial charge in [-0.05, 0) is 13.3 Å². The van der Waals surface area contributed by atoms with Crippen LogP contribution in [-0.4, -0.2) is 43.4 Å². The van der Waals surface area contributed by atoms with Crippen molar-refractivity contribution in [2.75, 3.05) is 13.2 Å². The van der Waals surface area contributed by atoms with Gasteiger partial charge in [-0.1, -0.05) is 51.2 Å². The summed E-state index contributed by atoms with van der Waals surface area (Å²) in [6.07, 6.45) is 8.33. The molecule has 0 aliphatic carbocycles. The molecule has 0 fully saturated rings. The lowest BCUT2D eigenvalue weighted by Crippen LogP contribution is -2.34. The molecule has 0 aliphatic rings. The summed E-state index contributed by atoms with van der Waals surface area (Å²) in [5.41, 5.74) is 0. The van der Waals surface area contributed by atoms with Gasteiger partial charge in [-0.15, -0.1) is 0 Å². The Morgan fingerprint density at radius 1 is 1.08 bits per heavy atom. The van der Waals surface area contributed by atoms with E-state index in [2.05, 4.69) is 6.92 Å². The second-order valence-corrected chi connectivity index (χ2v) is 6.99. The lowest BCUT2D eigenvalue weighted by atomic mass is 10.1. The lowest BCUT2D eigenvalue weighted by molar-refractivity contribution is -0.149. The van der Waals surface area contributed by atoms with E-state index in [1.165, 1.54) is 0 Å². The van der Waals surface area contributed by atoms with Gasteiger partial charge in [0.25, 0.3) is 10.1 Å². The zero-order valence-corrected chi connectivity index (χ0v) is 15.2. The van der Waals surface area contributed by atoms with Crippen LogP contribution in [0.5, 0.6) is 0 Å². The third kappa shape index (κ3) is 11.2. The van der Waals surface area contributed by atoms with Gasteiger partial charge in [0.05, 0.1) is 13.0 Å².